The molecule has 2 nitrogen and oxygen atoms in total. The third kappa shape index (κ3) is 3.54. The minimum absolute atomic E-state index is 0.254. The first kappa shape index (κ1) is 13.1. The van der Waals surface area contributed by atoms with Crippen LogP contribution in [0.15, 0.2) is 17.5 Å². The Morgan fingerprint density at radius 2 is 2.35 bits per heavy atom. The molecule has 0 amide bonds. The number of nitrogens with zero attached hydrogens (tertiary/aromatic N) is 1. The topological polar surface area (TPSA) is 15.3 Å². The molecule has 1 atom stereocenters. The average Bonchev–Trinajstić information content (AvgIpc) is 2.81. The fourth-order valence-corrected chi connectivity index (χ4v) is 3.34. The third-order valence-electron chi connectivity index (χ3n) is 3.65. The zero-order chi connectivity index (χ0) is 12.3. The summed E-state index contributed by atoms with van der Waals surface area (Å²) in [6, 6.07) is 5.07. The molecule has 17 heavy (non-hydrogen) atoms. The van der Waals surface area contributed by atoms with Gasteiger partial charge in [-0.3, -0.25) is 0 Å². The van der Waals surface area contributed by atoms with Gasteiger partial charge in [-0.1, -0.05) is 19.9 Å². The molecule has 2 rings (SSSR count). The number of nitrogens with one attached hydrogen (secondary N) is 1. The Balaban J connectivity index is 1.85. The number of hydrogen-bond donors (Lipinski definition) is 1. The molecule has 1 aliphatic rings. The maximum absolute atomic E-state index is 3.75. The zero-order valence-corrected chi connectivity index (χ0v) is 12.0. The molecule has 3 heteroatoms. The third-order valence-corrected chi connectivity index (χ3v) is 4.88. The monoisotopic (exact) mass is 252 g/mol. The van der Waals surface area contributed by atoms with Crippen LogP contribution in [-0.4, -0.2) is 37.6 Å². The molecule has 1 aromatic heterocycles. The molecule has 0 aromatic carbocycles. The lowest BCUT2D eigenvalue weighted by molar-refractivity contribution is 0.221. The second-order valence-corrected chi connectivity index (χ2v) is 6.79. The maximum Gasteiger partial charge on any atom is 0.0195 e. The van der Waals surface area contributed by atoms with Gasteiger partial charge in [-0.15, -0.1) is 11.3 Å². The normalized spacial score (nSPS) is 22.9. The van der Waals surface area contributed by atoms with E-state index in [1.165, 1.54) is 30.8 Å². The highest BCUT2D eigenvalue weighted by molar-refractivity contribution is 7.10. The predicted octanol–water partition coefficient (Wildman–Crippen LogP) is 2.71. The molecule has 2 heterocycles. The van der Waals surface area contributed by atoms with E-state index in [1.54, 1.807) is 0 Å². The van der Waals surface area contributed by atoms with E-state index >= 15 is 0 Å². The second kappa shape index (κ2) is 5.51. The van der Waals surface area contributed by atoms with Crippen molar-refractivity contribution >= 4 is 11.3 Å². The van der Waals surface area contributed by atoms with Crippen molar-refractivity contribution in [2.24, 2.45) is 0 Å². The summed E-state index contributed by atoms with van der Waals surface area (Å²) in [5.74, 6) is 0. The lowest BCUT2D eigenvalue weighted by Gasteiger charge is -2.33. The number of likely N-dealkylation sites (tertiary alicyclic amines) is 1. The Hall–Kier alpha value is -0.380. The van der Waals surface area contributed by atoms with Crippen LogP contribution in [0.3, 0.4) is 0 Å². The first-order valence-electron chi connectivity index (χ1n) is 6.54. The molecule has 1 aromatic rings. The van der Waals surface area contributed by atoms with E-state index in [-0.39, 0.29) is 5.41 Å². The van der Waals surface area contributed by atoms with Crippen LogP contribution >= 0.6 is 11.3 Å². The van der Waals surface area contributed by atoms with Gasteiger partial charge in [-0.25, -0.2) is 0 Å². The number of thiophene rings is 1. The van der Waals surface area contributed by atoms with Gasteiger partial charge in [0.2, 0.25) is 0 Å². The Labute approximate surface area is 109 Å². The minimum atomic E-state index is 0.254. The highest BCUT2D eigenvalue weighted by atomic mass is 32.1. The van der Waals surface area contributed by atoms with Gasteiger partial charge in [0.25, 0.3) is 0 Å². The largest absolute Gasteiger partial charge is 0.312 e. The molecule has 0 radical (unpaired) electrons. The van der Waals surface area contributed by atoms with Crippen molar-refractivity contribution in [2.75, 3.05) is 26.7 Å². The first-order chi connectivity index (χ1) is 8.08. The van der Waals surface area contributed by atoms with Gasteiger partial charge in [0.15, 0.2) is 0 Å². The van der Waals surface area contributed by atoms with Gasteiger partial charge in [0.05, 0.1) is 0 Å². The second-order valence-electron chi connectivity index (χ2n) is 5.84. The van der Waals surface area contributed by atoms with Crippen molar-refractivity contribution in [3.63, 3.8) is 0 Å². The van der Waals surface area contributed by atoms with Crippen LogP contribution in [0.5, 0.6) is 0 Å². The van der Waals surface area contributed by atoms with E-state index in [1.807, 2.05) is 11.3 Å². The highest BCUT2D eigenvalue weighted by Crippen LogP contribution is 2.27. The summed E-state index contributed by atoms with van der Waals surface area (Å²) in [6.45, 7) is 8.19. The molecule has 1 saturated heterocycles. The van der Waals surface area contributed by atoms with Gasteiger partial charge in [0.1, 0.15) is 0 Å². The summed E-state index contributed by atoms with van der Waals surface area (Å²) in [5.41, 5.74) is 0.254. The first-order valence-corrected chi connectivity index (χ1v) is 7.42. The molecule has 96 valence electrons. The van der Waals surface area contributed by atoms with E-state index in [0.717, 1.165) is 6.54 Å². The van der Waals surface area contributed by atoms with Crippen molar-refractivity contribution in [3.8, 4) is 0 Å². The molecular weight excluding hydrogens is 228 g/mol. The Morgan fingerprint density at radius 1 is 1.53 bits per heavy atom. The van der Waals surface area contributed by atoms with E-state index in [9.17, 15) is 0 Å². The van der Waals surface area contributed by atoms with Crippen LogP contribution in [0, 0.1) is 0 Å². The predicted molar refractivity (Wildman–Crippen MR) is 75.9 cm³/mol. The SMILES string of the molecule is CN1CCCC(NCC(C)(C)c2cccs2)C1. The van der Waals surface area contributed by atoms with Crippen LogP contribution < -0.4 is 5.32 Å². The van der Waals surface area contributed by atoms with Crippen molar-refractivity contribution in [2.45, 2.75) is 38.1 Å². The fraction of sp³-hybridized carbons (Fsp3) is 0.714. The lowest BCUT2D eigenvalue weighted by atomic mass is 9.90. The highest BCUT2D eigenvalue weighted by Gasteiger charge is 2.24. The molecule has 1 fully saturated rings. The van der Waals surface area contributed by atoms with E-state index in [0.29, 0.717) is 6.04 Å². The van der Waals surface area contributed by atoms with Crippen LogP contribution in [0.4, 0.5) is 0 Å². The van der Waals surface area contributed by atoms with Crippen molar-refractivity contribution in [1.82, 2.24) is 10.2 Å². The summed E-state index contributed by atoms with van der Waals surface area (Å²) in [4.78, 5) is 3.91. The molecular formula is C14H24N2S. The Bertz CT molecular complexity index is 332. The molecule has 0 spiro atoms. The molecule has 0 aliphatic carbocycles. The molecule has 0 bridgehead atoms. The van der Waals surface area contributed by atoms with Gasteiger partial charge < -0.3 is 10.2 Å². The quantitative estimate of drug-likeness (QED) is 0.886. The summed E-state index contributed by atoms with van der Waals surface area (Å²) in [7, 11) is 2.22. The smallest absolute Gasteiger partial charge is 0.0195 e. The molecule has 0 saturated carbocycles. The summed E-state index contributed by atoms with van der Waals surface area (Å²) in [6.07, 6.45) is 2.65. The van der Waals surface area contributed by atoms with Crippen molar-refractivity contribution < 1.29 is 0 Å². The molecule has 1 N–H and O–H groups in total. The van der Waals surface area contributed by atoms with Gasteiger partial charge in [-0.2, -0.15) is 0 Å². The van der Waals surface area contributed by atoms with Crippen LogP contribution in [0.25, 0.3) is 0 Å². The Kier molecular flexibility index (Phi) is 4.23. The van der Waals surface area contributed by atoms with E-state index < -0.39 is 0 Å². The van der Waals surface area contributed by atoms with Gasteiger partial charge >= 0.3 is 0 Å². The number of likely N-dealkylation sites (N-methyl/N-ethyl adjacent to an activating group) is 1. The Morgan fingerprint density at radius 3 is 3.00 bits per heavy atom. The molecule has 1 aliphatic heterocycles. The van der Waals surface area contributed by atoms with E-state index in [4.69, 9.17) is 0 Å². The van der Waals surface area contributed by atoms with Crippen LogP contribution in [0.2, 0.25) is 0 Å². The number of rotatable bonds is 4. The van der Waals surface area contributed by atoms with Crippen LogP contribution in [-0.2, 0) is 5.41 Å². The van der Waals surface area contributed by atoms with Crippen molar-refractivity contribution in [1.29, 1.82) is 0 Å². The zero-order valence-electron chi connectivity index (χ0n) is 11.2. The van der Waals surface area contributed by atoms with Gasteiger partial charge in [-0.05, 0) is 37.9 Å². The fourth-order valence-electron chi connectivity index (χ4n) is 2.48. The minimum Gasteiger partial charge on any atom is -0.312 e. The lowest BCUT2D eigenvalue weighted by Crippen LogP contribution is -2.47. The number of hydrogen-bond acceptors (Lipinski definition) is 3. The van der Waals surface area contributed by atoms with Crippen molar-refractivity contribution in [3.05, 3.63) is 22.4 Å². The summed E-state index contributed by atoms with van der Waals surface area (Å²) >= 11 is 1.87. The van der Waals surface area contributed by atoms with E-state index in [2.05, 4.69) is 48.6 Å². The summed E-state index contributed by atoms with van der Waals surface area (Å²) < 4.78 is 0. The van der Waals surface area contributed by atoms with Crippen LogP contribution in [0.1, 0.15) is 31.6 Å². The summed E-state index contributed by atoms with van der Waals surface area (Å²) in [5, 5.41) is 5.92. The average molecular weight is 252 g/mol. The standard InChI is InChI=1S/C14H24N2S/c1-14(2,13-7-5-9-17-13)11-15-12-6-4-8-16(3)10-12/h5,7,9,12,15H,4,6,8,10-11H2,1-3H3. The number of piperidine rings is 1. The maximum atomic E-state index is 3.75. The van der Waals surface area contributed by atoms with Gasteiger partial charge in [0, 0.05) is 29.4 Å². The molecule has 1 unspecified atom stereocenters.